The first-order valence-electron chi connectivity index (χ1n) is 5.30. The summed E-state index contributed by atoms with van der Waals surface area (Å²) in [5.74, 6) is 0.574. The van der Waals surface area contributed by atoms with Gasteiger partial charge in [0.15, 0.2) is 5.82 Å². The molecule has 0 radical (unpaired) electrons. The van der Waals surface area contributed by atoms with Crippen LogP contribution in [0.5, 0.6) is 0 Å². The normalized spacial score (nSPS) is 11.2. The van der Waals surface area contributed by atoms with Crippen molar-refractivity contribution < 1.29 is 0 Å². The van der Waals surface area contributed by atoms with E-state index in [2.05, 4.69) is 20.5 Å². The average molecular weight is 279 g/mol. The topological polar surface area (TPSA) is 76.7 Å². The maximum atomic E-state index is 5.66. The van der Waals surface area contributed by atoms with Crippen molar-refractivity contribution in [2.24, 2.45) is 5.73 Å². The van der Waals surface area contributed by atoms with Crippen LogP contribution in [0.2, 0.25) is 0 Å². The fourth-order valence-electron chi connectivity index (χ4n) is 1.50. The fraction of sp³-hybridized carbons (Fsp3) is 0.273. The molecule has 0 bridgehead atoms. The molecule has 0 aliphatic carbocycles. The summed E-state index contributed by atoms with van der Waals surface area (Å²) in [7, 11) is 0. The highest BCUT2D eigenvalue weighted by Gasteiger charge is 2.25. The molecule has 5 nitrogen and oxygen atoms in total. The van der Waals surface area contributed by atoms with Gasteiger partial charge in [0, 0.05) is 11.6 Å². The number of hydrogen-bond donors (Lipinski definition) is 2. The van der Waals surface area contributed by atoms with Crippen molar-refractivity contribution in [3.05, 3.63) is 34.4 Å². The van der Waals surface area contributed by atoms with Crippen LogP contribution in [-0.4, -0.2) is 20.2 Å². The Morgan fingerprint density at radius 3 is 2.83 bits per heavy atom. The quantitative estimate of drug-likeness (QED) is 0.833. The second-order valence-electron chi connectivity index (χ2n) is 4.24. The summed E-state index contributed by atoms with van der Waals surface area (Å²) in [6.45, 7) is 4.04. The van der Waals surface area contributed by atoms with E-state index >= 15 is 0 Å². The van der Waals surface area contributed by atoms with Crippen LogP contribution in [-0.2, 0) is 5.54 Å². The van der Waals surface area contributed by atoms with Gasteiger partial charge in [-0.15, -0.1) is 16.4 Å². The van der Waals surface area contributed by atoms with E-state index in [-0.39, 0.29) is 5.54 Å². The van der Waals surface area contributed by atoms with Gasteiger partial charge in [0.25, 0.3) is 0 Å². The summed E-state index contributed by atoms with van der Waals surface area (Å²) in [5, 5.41) is 14.1. The van der Waals surface area contributed by atoms with Gasteiger partial charge in [0.2, 0.25) is 0 Å². The lowest BCUT2D eigenvalue weighted by Gasteiger charge is -2.25. The minimum atomic E-state index is -0.357. The van der Waals surface area contributed by atoms with Crippen LogP contribution in [0.15, 0.2) is 23.8 Å². The first kappa shape index (κ1) is 12.8. The molecule has 0 aromatic carbocycles. The van der Waals surface area contributed by atoms with Gasteiger partial charge in [-0.05, 0) is 19.9 Å². The molecule has 0 amide bonds. The summed E-state index contributed by atoms with van der Waals surface area (Å²) in [6, 6.07) is 1.75. The molecule has 94 valence electrons. The lowest BCUT2D eigenvalue weighted by molar-refractivity contribution is 0.599. The Kier molecular flexibility index (Phi) is 3.53. The Hall–Kier alpha value is -1.60. The van der Waals surface area contributed by atoms with E-state index < -0.39 is 0 Å². The van der Waals surface area contributed by atoms with Crippen LogP contribution in [0.3, 0.4) is 0 Å². The Labute approximate surface area is 114 Å². The highest BCUT2D eigenvalue weighted by Crippen LogP contribution is 2.27. The van der Waals surface area contributed by atoms with Gasteiger partial charge >= 0.3 is 0 Å². The number of aromatic nitrogens is 3. The van der Waals surface area contributed by atoms with E-state index in [4.69, 9.17) is 18.0 Å². The molecule has 18 heavy (non-hydrogen) atoms. The highest BCUT2D eigenvalue weighted by molar-refractivity contribution is 7.80. The number of thiocarbonyl (C=S) groups is 1. The van der Waals surface area contributed by atoms with Gasteiger partial charge in [-0.3, -0.25) is 0 Å². The van der Waals surface area contributed by atoms with Gasteiger partial charge in [-0.1, -0.05) is 12.2 Å². The number of thiazole rings is 1. The first-order chi connectivity index (χ1) is 8.50. The van der Waals surface area contributed by atoms with E-state index in [1.165, 1.54) is 0 Å². The summed E-state index contributed by atoms with van der Waals surface area (Å²) in [5.41, 5.74) is 5.99. The van der Waals surface area contributed by atoms with E-state index in [0.29, 0.717) is 16.4 Å². The average Bonchev–Trinajstić information content (AvgIpc) is 2.83. The van der Waals surface area contributed by atoms with Gasteiger partial charge < -0.3 is 11.1 Å². The van der Waals surface area contributed by atoms with E-state index in [9.17, 15) is 0 Å². The molecule has 0 spiro atoms. The molecule has 0 saturated carbocycles. The van der Waals surface area contributed by atoms with Gasteiger partial charge in [-0.25, -0.2) is 4.98 Å². The van der Waals surface area contributed by atoms with Crippen molar-refractivity contribution in [1.82, 2.24) is 15.2 Å². The molecule has 0 fully saturated rings. The number of nitrogens with two attached hydrogens (primary N) is 1. The van der Waals surface area contributed by atoms with Crippen molar-refractivity contribution in [3.63, 3.8) is 0 Å². The second-order valence-corrected chi connectivity index (χ2v) is 5.58. The number of hydrogen-bond acceptors (Lipinski definition) is 6. The molecule has 0 unspecified atom stereocenters. The van der Waals surface area contributed by atoms with Gasteiger partial charge in [0.1, 0.15) is 10.00 Å². The Bertz CT molecular complexity index is 550. The fourth-order valence-corrected chi connectivity index (χ4v) is 2.39. The van der Waals surface area contributed by atoms with Crippen LogP contribution in [0.1, 0.15) is 24.4 Å². The molecule has 3 N–H and O–H groups in total. The molecular formula is C11H13N5S2. The second kappa shape index (κ2) is 4.95. The largest absolute Gasteiger partial charge is 0.389 e. The van der Waals surface area contributed by atoms with Crippen LogP contribution in [0, 0.1) is 0 Å². The van der Waals surface area contributed by atoms with Crippen LogP contribution >= 0.6 is 23.6 Å². The Morgan fingerprint density at radius 2 is 2.22 bits per heavy atom. The monoisotopic (exact) mass is 279 g/mol. The minimum absolute atomic E-state index is 0.294. The van der Waals surface area contributed by atoms with Crippen LogP contribution in [0.25, 0.3) is 0 Å². The molecule has 0 saturated heterocycles. The van der Waals surface area contributed by atoms with Crippen molar-refractivity contribution in [2.45, 2.75) is 19.4 Å². The zero-order valence-electron chi connectivity index (χ0n) is 10.0. The summed E-state index contributed by atoms with van der Waals surface area (Å²) >= 11 is 6.57. The molecule has 0 aliphatic heterocycles. The summed E-state index contributed by atoms with van der Waals surface area (Å²) in [6.07, 6.45) is 3.34. The Balaban J connectivity index is 2.32. The van der Waals surface area contributed by atoms with E-state index in [1.54, 1.807) is 29.8 Å². The molecular weight excluding hydrogens is 266 g/mol. The highest BCUT2D eigenvalue weighted by atomic mass is 32.1. The molecule has 2 aromatic rings. The maximum absolute atomic E-state index is 5.66. The van der Waals surface area contributed by atoms with E-state index in [1.807, 2.05) is 19.2 Å². The number of nitrogens with zero attached hydrogens (tertiary/aromatic N) is 3. The summed E-state index contributed by atoms with van der Waals surface area (Å²) in [4.78, 5) is 4.60. The lowest BCUT2D eigenvalue weighted by Crippen LogP contribution is -2.30. The molecule has 2 aromatic heterocycles. The zero-order chi connectivity index (χ0) is 13.2. The number of nitrogens with one attached hydrogen (secondary N) is 1. The number of anilines is 1. The summed E-state index contributed by atoms with van der Waals surface area (Å²) < 4.78 is 0. The predicted octanol–water partition coefficient (Wildman–Crippen LogP) is 1.91. The molecule has 0 atom stereocenters. The zero-order valence-corrected chi connectivity index (χ0v) is 11.7. The van der Waals surface area contributed by atoms with E-state index in [0.717, 1.165) is 5.01 Å². The Morgan fingerprint density at radius 1 is 1.44 bits per heavy atom. The maximum Gasteiger partial charge on any atom is 0.159 e. The van der Waals surface area contributed by atoms with Crippen LogP contribution < -0.4 is 11.1 Å². The van der Waals surface area contributed by atoms with Crippen molar-refractivity contribution in [3.8, 4) is 0 Å². The molecule has 7 heteroatoms. The molecule has 2 rings (SSSR count). The van der Waals surface area contributed by atoms with Crippen molar-refractivity contribution in [2.75, 3.05) is 5.32 Å². The predicted molar refractivity (Wildman–Crippen MR) is 76.7 cm³/mol. The third-order valence-corrected chi connectivity index (χ3v) is 3.70. The first-order valence-corrected chi connectivity index (χ1v) is 6.59. The minimum Gasteiger partial charge on any atom is -0.389 e. The van der Waals surface area contributed by atoms with Crippen molar-refractivity contribution in [1.29, 1.82) is 0 Å². The number of rotatable bonds is 4. The third-order valence-electron chi connectivity index (χ3n) is 2.38. The van der Waals surface area contributed by atoms with Crippen molar-refractivity contribution >= 4 is 34.4 Å². The SMILES string of the molecule is CC(C)(Nc1nnccc1C(N)=S)c1nccs1. The lowest BCUT2D eigenvalue weighted by atomic mass is 10.1. The van der Waals surface area contributed by atoms with Crippen LogP contribution in [0.4, 0.5) is 5.82 Å². The third kappa shape index (κ3) is 2.62. The van der Waals surface area contributed by atoms with Gasteiger partial charge in [-0.2, -0.15) is 5.10 Å². The molecule has 2 heterocycles. The molecule has 0 aliphatic rings. The standard InChI is InChI=1S/C11H13N5S2/c1-11(2,10-13-5-6-18-10)15-9-7(8(12)17)3-4-14-16-9/h3-6H,1-2H3,(H2,12,17)(H,15,16). The van der Waals surface area contributed by atoms with Gasteiger partial charge in [0.05, 0.1) is 17.3 Å². The smallest absolute Gasteiger partial charge is 0.159 e.